The number of likely N-dealkylation sites (tertiary alicyclic amines) is 2. The molecule has 3 aliphatic rings. The van der Waals surface area contributed by atoms with E-state index in [-0.39, 0.29) is 23.7 Å². The molecule has 6 N–H and O–H groups in total. The summed E-state index contributed by atoms with van der Waals surface area (Å²) in [6.07, 6.45) is 13.6. The van der Waals surface area contributed by atoms with Crippen molar-refractivity contribution in [1.29, 1.82) is 5.41 Å². The van der Waals surface area contributed by atoms with Gasteiger partial charge in [-0.1, -0.05) is 37.3 Å². The quantitative estimate of drug-likeness (QED) is 0.0970. The fraction of sp³-hybridized carbons (Fsp3) is 0.588. The number of aliphatic hydroxyl groups is 1. The topological polar surface area (TPSA) is 128 Å². The first-order chi connectivity index (χ1) is 22.1. The lowest BCUT2D eigenvalue weighted by atomic mass is 9.71. The maximum Gasteiger partial charge on any atom is 0.417 e. The van der Waals surface area contributed by atoms with Gasteiger partial charge in [-0.15, -0.1) is 6.58 Å². The van der Waals surface area contributed by atoms with Crippen LogP contribution in [0.2, 0.25) is 0 Å². The molecule has 1 aliphatic carbocycles. The van der Waals surface area contributed by atoms with Crippen LogP contribution in [0.1, 0.15) is 58.4 Å². The van der Waals surface area contributed by atoms with E-state index in [4.69, 9.17) is 11.1 Å². The first-order valence-electron chi connectivity index (χ1n) is 16.4. The van der Waals surface area contributed by atoms with Crippen molar-refractivity contribution in [2.24, 2.45) is 17.1 Å². The molecule has 0 radical (unpaired) electrons. The molecule has 0 saturated carbocycles. The Morgan fingerprint density at radius 3 is 2.38 bits per heavy atom. The Morgan fingerprint density at radius 2 is 1.83 bits per heavy atom. The third-order valence-corrected chi connectivity index (χ3v) is 10.2. The second kappa shape index (κ2) is 14.7. The summed E-state index contributed by atoms with van der Waals surface area (Å²) in [6, 6.07) is 0.357. The summed E-state index contributed by atoms with van der Waals surface area (Å²) in [5.41, 5.74) is 4.46. The predicted molar refractivity (Wildman–Crippen MR) is 182 cm³/mol. The molecule has 4 unspecified atom stereocenters. The molecule has 260 valence electrons. The lowest BCUT2D eigenvalue weighted by Crippen LogP contribution is -2.48. The van der Waals surface area contributed by atoms with E-state index < -0.39 is 29.4 Å². The number of nitrogens with zero attached hydrogens (tertiary/aromatic N) is 4. The summed E-state index contributed by atoms with van der Waals surface area (Å²) in [7, 11) is 2.21. The molecule has 4 rings (SSSR count). The first kappa shape index (κ1) is 36.3. The van der Waals surface area contributed by atoms with Gasteiger partial charge in [-0.2, -0.15) is 13.2 Å². The normalized spacial score (nSPS) is 23.7. The molecule has 13 heteroatoms. The third-order valence-electron chi connectivity index (χ3n) is 10.2. The maximum atomic E-state index is 13.3. The number of anilines is 1. The van der Waals surface area contributed by atoms with Crippen molar-refractivity contribution in [3.8, 4) is 0 Å². The van der Waals surface area contributed by atoms with Crippen molar-refractivity contribution < 1.29 is 18.3 Å². The molecule has 10 nitrogen and oxygen atoms in total. The number of halogens is 3. The van der Waals surface area contributed by atoms with Gasteiger partial charge in [-0.25, -0.2) is 9.36 Å². The average molecular weight is 661 g/mol. The van der Waals surface area contributed by atoms with Gasteiger partial charge in [0.15, 0.2) is 5.60 Å². The molecular weight excluding hydrogens is 609 g/mol. The van der Waals surface area contributed by atoms with Crippen molar-refractivity contribution >= 4 is 17.9 Å². The van der Waals surface area contributed by atoms with E-state index in [0.717, 1.165) is 31.4 Å². The van der Waals surface area contributed by atoms with Crippen molar-refractivity contribution in [2.45, 2.75) is 83.4 Å². The fourth-order valence-corrected chi connectivity index (χ4v) is 6.63. The van der Waals surface area contributed by atoms with Gasteiger partial charge in [0, 0.05) is 23.9 Å². The zero-order valence-corrected chi connectivity index (χ0v) is 28.0. The van der Waals surface area contributed by atoms with Crippen LogP contribution in [0, 0.1) is 16.7 Å². The van der Waals surface area contributed by atoms with E-state index in [1.807, 2.05) is 6.92 Å². The summed E-state index contributed by atoms with van der Waals surface area (Å²) < 4.78 is 42.4. The van der Waals surface area contributed by atoms with Gasteiger partial charge < -0.3 is 31.8 Å². The number of hydrogen-bond acceptors (Lipinski definition) is 8. The number of allylic oxidation sites excluding steroid dienone is 4. The number of rotatable bonds is 12. The average Bonchev–Trinajstić information content (AvgIpc) is 3.28. The number of piperidine rings is 2. The lowest BCUT2D eigenvalue weighted by Gasteiger charge is -2.47. The van der Waals surface area contributed by atoms with Crippen LogP contribution < -0.4 is 21.9 Å². The van der Waals surface area contributed by atoms with E-state index in [1.165, 1.54) is 79.4 Å². The van der Waals surface area contributed by atoms with Crippen LogP contribution in [-0.4, -0.2) is 87.7 Å². The van der Waals surface area contributed by atoms with Crippen LogP contribution >= 0.6 is 0 Å². The second-order valence-corrected chi connectivity index (χ2v) is 13.5. The first-order valence-corrected chi connectivity index (χ1v) is 16.4. The van der Waals surface area contributed by atoms with Crippen LogP contribution in [0.15, 0.2) is 59.6 Å². The number of nitrogens with one attached hydrogen (secondary N) is 3. The van der Waals surface area contributed by atoms with Crippen molar-refractivity contribution in [2.75, 3.05) is 38.5 Å². The number of alkyl halides is 3. The van der Waals surface area contributed by atoms with E-state index in [0.29, 0.717) is 18.4 Å². The van der Waals surface area contributed by atoms with Crippen molar-refractivity contribution in [3.63, 3.8) is 0 Å². The zero-order valence-electron chi connectivity index (χ0n) is 28.0. The van der Waals surface area contributed by atoms with Crippen LogP contribution in [-0.2, 0) is 6.54 Å². The van der Waals surface area contributed by atoms with E-state index >= 15 is 0 Å². The molecule has 47 heavy (non-hydrogen) atoms. The fourth-order valence-electron chi connectivity index (χ4n) is 6.63. The molecular formula is C34H51F3N8O2. The summed E-state index contributed by atoms with van der Waals surface area (Å²) in [5.74, 6) is -1.00. The lowest BCUT2D eigenvalue weighted by molar-refractivity contribution is -0.264. The Kier molecular flexibility index (Phi) is 11.3. The Bertz CT molecular complexity index is 1450. The van der Waals surface area contributed by atoms with Crippen molar-refractivity contribution in [3.05, 3.63) is 70.7 Å². The number of hydrogen-bond donors (Lipinski definition) is 5. The largest absolute Gasteiger partial charge is 0.417 e. The summed E-state index contributed by atoms with van der Waals surface area (Å²) in [6.45, 7) is 12.2. The Hall–Kier alpha value is -3.55. The Morgan fingerprint density at radius 1 is 1.19 bits per heavy atom. The highest BCUT2D eigenvalue weighted by Gasteiger charge is 2.52. The summed E-state index contributed by atoms with van der Waals surface area (Å²) >= 11 is 0. The van der Waals surface area contributed by atoms with Gasteiger partial charge in [0.25, 0.3) is 5.56 Å². The molecule has 0 aromatic carbocycles. The predicted octanol–water partition coefficient (Wildman–Crippen LogP) is 4.46. The molecule has 2 fully saturated rings. The Balaban J connectivity index is 1.44. The molecule has 0 amide bonds. The van der Waals surface area contributed by atoms with Crippen LogP contribution in [0.25, 0.3) is 5.82 Å². The molecule has 4 atom stereocenters. The molecule has 3 heterocycles. The highest BCUT2D eigenvalue weighted by molar-refractivity contribution is 5.85. The molecule has 1 aromatic rings. The standard InChI is InChI=1S/C34H51F3N8O2/c1-6-18-44-31(46)28(23-38)30(45(44)29(39)9-7-8-24(2)32(4,47)34(35,36)37)41-25(3)40-26-10-12-27(13-11-26)43-21-16-33(17-22-43)14-19-42(5)20-15-33/h6-12,23-25,27,38,40-41,47H,1,13-22,39H2,2-5H3/b8-7-,29-9+,38-23?. The minimum absolute atomic E-state index is 0.0185. The van der Waals surface area contributed by atoms with E-state index in [2.05, 4.69) is 52.3 Å². The van der Waals surface area contributed by atoms with Gasteiger partial charge in [0.2, 0.25) is 0 Å². The molecule has 2 saturated heterocycles. The van der Waals surface area contributed by atoms with E-state index in [1.54, 1.807) is 0 Å². The second-order valence-electron chi connectivity index (χ2n) is 13.5. The summed E-state index contributed by atoms with van der Waals surface area (Å²) in [4.78, 5) is 18.2. The van der Waals surface area contributed by atoms with E-state index in [9.17, 15) is 23.1 Å². The maximum absolute atomic E-state index is 13.3. The van der Waals surface area contributed by atoms with Crippen LogP contribution in [0.3, 0.4) is 0 Å². The third kappa shape index (κ3) is 8.13. The number of aromatic nitrogens is 2. The molecule has 2 aliphatic heterocycles. The van der Waals surface area contributed by atoms with Crippen LogP contribution in [0.5, 0.6) is 0 Å². The summed E-state index contributed by atoms with van der Waals surface area (Å²) in [5, 5.41) is 24.6. The minimum atomic E-state index is -4.82. The zero-order chi connectivity index (χ0) is 34.6. The van der Waals surface area contributed by atoms with Gasteiger partial charge in [-0.05, 0) is 96.7 Å². The Labute approximate surface area is 275 Å². The monoisotopic (exact) mass is 660 g/mol. The highest BCUT2D eigenvalue weighted by Crippen LogP contribution is 2.42. The van der Waals surface area contributed by atoms with Crippen molar-refractivity contribution in [1.82, 2.24) is 24.5 Å². The molecule has 1 aromatic heterocycles. The minimum Gasteiger partial charge on any atom is -0.384 e. The van der Waals surface area contributed by atoms with Crippen LogP contribution in [0.4, 0.5) is 19.0 Å². The smallest absolute Gasteiger partial charge is 0.384 e. The SMILES string of the molecule is C=CCn1c(=O)c(C=N)c(NC(C)NC2=CCC(N3CCC4(CCN(C)CC4)CC3)C=C2)n1/C(N)=C/C=C\C(C)C(C)(O)C(F)(F)F. The molecule has 0 bridgehead atoms. The highest BCUT2D eigenvalue weighted by atomic mass is 19.4. The molecule has 1 spiro atoms. The van der Waals surface area contributed by atoms with Gasteiger partial charge >= 0.3 is 6.18 Å². The van der Waals surface area contributed by atoms with Gasteiger partial charge in [-0.3, -0.25) is 9.69 Å². The van der Waals surface area contributed by atoms with Gasteiger partial charge in [0.05, 0.1) is 12.7 Å². The van der Waals surface area contributed by atoms with Gasteiger partial charge in [0.1, 0.15) is 17.2 Å². The number of nitrogens with two attached hydrogens (primary N) is 1.